The van der Waals surface area contributed by atoms with E-state index in [2.05, 4.69) is 15.6 Å². The van der Waals surface area contributed by atoms with E-state index in [9.17, 15) is 4.79 Å². The minimum absolute atomic E-state index is 0.227. The Labute approximate surface area is 99.9 Å². The highest BCUT2D eigenvalue weighted by Gasteiger charge is 2.16. The van der Waals surface area contributed by atoms with Gasteiger partial charge < -0.3 is 15.4 Å². The monoisotopic (exact) mass is 233 g/mol. The second-order valence-corrected chi connectivity index (χ2v) is 3.54. The number of hydrogen-bond donors (Lipinski definition) is 2. The Morgan fingerprint density at radius 2 is 2.35 bits per heavy atom. The van der Waals surface area contributed by atoms with Crippen molar-refractivity contribution in [2.24, 2.45) is 4.99 Å². The summed E-state index contributed by atoms with van der Waals surface area (Å²) in [5, 5.41) is 5.71. The van der Waals surface area contributed by atoms with E-state index in [0.29, 0.717) is 30.4 Å². The van der Waals surface area contributed by atoms with Crippen LogP contribution in [-0.4, -0.2) is 31.4 Å². The first-order chi connectivity index (χ1) is 8.31. The first kappa shape index (κ1) is 11.4. The van der Waals surface area contributed by atoms with Crippen molar-refractivity contribution >= 4 is 17.4 Å². The summed E-state index contributed by atoms with van der Waals surface area (Å²) in [6, 6.07) is 7.34. The molecule has 1 aromatic rings. The molecule has 2 N–H and O–H groups in total. The van der Waals surface area contributed by atoms with Gasteiger partial charge in [-0.05, 0) is 19.1 Å². The van der Waals surface area contributed by atoms with Gasteiger partial charge in [-0.15, -0.1) is 0 Å². The molecule has 0 radical (unpaired) electrons. The second kappa shape index (κ2) is 5.34. The number of amidine groups is 1. The summed E-state index contributed by atoms with van der Waals surface area (Å²) in [7, 11) is 0. The number of anilines is 1. The quantitative estimate of drug-likeness (QED) is 0.816. The number of ether oxygens (including phenoxy) is 1. The fourth-order valence-corrected chi connectivity index (χ4v) is 1.58. The highest BCUT2D eigenvalue weighted by Crippen LogP contribution is 2.23. The Morgan fingerprint density at radius 3 is 3.06 bits per heavy atom. The van der Waals surface area contributed by atoms with Crippen molar-refractivity contribution in [2.75, 3.05) is 25.0 Å². The van der Waals surface area contributed by atoms with E-state index in [1.807, 2.05) is 25.1 Å². The summed E-state index contributed by atoms with van der Waals surface area (Å²) in [6.07, 6.45) is 0. The SMILES string of the molecule is CCOc1ccccc1NC(=O)C1=NCCN1. The Balaban J connectivity index is 2.09. The van der Waals surface area contributed by atoms with Crippen LogP contribution in [0.15, 0.2) is 29.3 Å². The molecule has 0 bridgehead atoms. The molecule has 0 saturated carbocycles. The molecule has 90 valence electrons. The number of aliphatic imine (C=N–C) groups is 1. The molecule has 5 heteroatoms. The first-order valence-electron chi connectivity index (χ1n) is 5.62. The Hall–Kier alpha value is -2.04. The zero-order valence-electron chi connectivity index (χ0n) is 9.69. The predicted octanol–water partition coefficient (Wildman–Crippen LogP) is 1.03. The molecule has 17 heavy (non-hydrogen) atoms. The number of amides is 1. The van der Waals surface area contributed by atoms with Gasteiger partial charge in [0.25, 0.3) is 5.91 Å². The smallest absolute Gasteiger partial charge is 0.290 e. The van der Waals surface area contributed by atoms with Gasteiger partial charge in [0.05, 0.1) is 18.8 Å². The average Bonchev–Trinajstić information content (AvgIpc) is 2.85. The van der Waals surface area contributed by atoms with Crippen LogP contribution < -0.4 is 15.4 Å². The molecule has 1 amide bonds. The molecule has 0 aromatic heterocycles. The van der Waals surface area contributed by atoms with E-state index in [4.69, 9.17) is 4.74 Å². The van der Waals surface area contributed by atoms with Crippen LogP contribution in [0.4, 0.5) is 5.69 Å². The maximum absolute atomic E-state index is 11.8. The average molecular weight is 233 g/mol. The van der Waals surface area contributed by atoms with Crippen molar-refractivity contribution in [3.8, 4) is 5.75 Å². The fraction of sp³-hybridized carbons (Fsp3) is 0.333. The third kappa shape index (κ3) is 2.75. The summed E-state index contributed by atoms with van der Waals surface area (Å²) >= 11 is 0. The summed E-state index contributed by atoms with van der Waals surface area (Å²) in [5.41, 5.74) is 0.663. The molecular formula is C12H15N3O2. The first-order valence-corrected chi connectivity index (χ1v) is 5.62. The number of benzene rings is 1. The van der Waals surface area contributed by atoms with Crippen LogP contribution in [0.3, 0.4) is 0 Å². The Bertz CT molecular complexity index is 443. The lowest BCUT2D eigenvalue weighted by molar-refractivity contribution is -0.110. The minimum Gasteiger partial charge on any atom is -0.492 e. The van der Waals surface area contributed by atoms with Crippen LogP contribution >= 0.6 is 0 Å². The number of carbonyl (C=O) groups is 1. The number of carbonyl (C=O) groups excluding carboxylic acids is 1. The van der Waals surface area contributed by atoms with Crippen molar-refractivity contribution in [1.82, 2.24) is 5.32 Å². The van der Waals surface area contributed by atoms with Crippen LogP contribution in [0.25, 0.3) is 0 Å². The van der Waals surface area contributed by atoms with Crippen LogP contribution in [-0.2, 0) is 4.79 Å². The third-order valence-electron chi connectivity index (χ3n) is 2.32. The molecule has 0 atom stereocenters. The number of nitrogens with one attached hydrogen (secondary N) is 2. The number of hydrogen-bond acceptors (Lipinski definition) is 4. The second-order valence-electron chi connectivity index (χ2n) is 3.54. The normalized spacial score (nSPS) is 13.8. The maximum Gasteiger partial charge on any atom is 0.290 e. The van der Waals surface area contributed by atoms with Crippen molar-refractivity contribution in [1.29, 1.82) is 0 Å². The highest BCUT2D eigenvalue weighted by atomic mass is 16.5. The zero-order valence-corrected chi connectivity index (χ0v) is 9.69. The van der Waals surface area contributed by atoms with Gasteiger partial charge in [-0.3, -0.25) is 9.79 Å². The maximum atomic E-state index is 11.8. The molecule has 0 saturated heterocycles. The van der Waals surface area contributed by atoms with E-state index in [0.717, 1.165) is 6.54 Å². The van der Waals surface area contributed by atoms with Crippen LogP contribution in [0.5, 0.6) is 5.75 Å². The van der Waals surface area contributed by atoms with Crippen LogP contribution in [0.1, 0.15) is 6.92 Å². The largest absolute Gasteiger partial charge is 0.492 e. The Morgan fingerprint density at radius 1 is 1.53 bits per heavy atom. The molecule has 2 rings (SSSR count). The topological polar surface area (TPSA) is 62.7 Å². The summed E-state index contributed by atoms with van der Waals surface area (Å²) in [4.78, 5) is 15.9. The lowest BCUT2D eigenvalue weighted by Gasteiger charge is -2.11. The molecule has 1 aromatic carbocycles. The lowest BCUT2D eigenvalue weighted by Crippen LogP contribution is -2.32. The molecular weight excluding hydrogens is 218 g/mol. The number of para-hydroxylation sites is 2. The predicted molar refractivity (Wildman–Crippen MR) is 66.5 cm³/mol. The summed E-state index contributed by atoms with van der Waals surface area (Å²) in [6.45, 7) is 3.83. The lowest BCUT2D eigenvalue weighted by atomic mass is 10.3. The van der Waals surface area contributed by atoms with E-state index < -0.39 is 0 Å². The van der Waals surface area contributed by atoms with Gasteiger partial charge in [0.1, 0.15) is 5.75 Å². The molecule has 1 aliphatic rings. The molecule has 0 spiro atoms. The van der Waals surface area contributed by atoms with Gasteiger partial charge in [0, 0.05) is 6.54 Å². The van der Waals surface area contributed by atoms with Gasteiger partial charge in [-0.2, -0.15) is 0 Å². The minimum atomic E-state index is -0.227. The molecule has 5 nitrogen and oxygen atoms in total. The van der Waals surface area contributed by atoms with Crippen LogP contribution in [0, 0.1) is 0 Å². The van der Waals surface area contributed by atoms with Crippen molar-refractivity contribution < 1.29 is 9.53 Å². The van der Waals surface area contributed by atoms with Crippen molar-refractivity contribution in [3.05, 3.63) is 24.3 Å². The molecule has 0 fully saturated rings. The Kier molecular flexibility index (Phi) is 3.59. The van der Waals surface area contributed by atoms with Crippen molar-refractivity contribution in [3.63, 3.8) is 0 Å². The standard InChI is InChI=1S/C12H15N3O2/c1-2-17-10-6-4-3-5-9(10)15-12(16)11-13-7-8-14-11/h3-6H,2,7-8H2,1H3,(H,13,14)(H,15,16). The number of rotatable bonds is 4. The van der Waals surface area contributed by atoms with Gasteiger partial charge in [-0.25, -0.2) is 0 Å². The number of nitrogens with zero attached hydrogens (tertiary/aromatic N) is 1. The zero-order chi connectivity index (χ0) is 12.1. The van der Waals surface area contributed by atoms with Crippen molar-refractivity contribution in [2.45, 2.75) is 6.92 Å². The molecule has 1 heterocycles. The van der Waals surface area contributed by atoms with Gasteiger partial charge in [0.15, 0.2) is 5.84 Å². The highest BCUT2D eigenvalue weighted by molar-refractivity contribution is 6.42. The molecule has 0 aliphatic carbocycles. The van der Waals surface area contributed by atoms with Gasteiger partial charge in [-0.1, -0.05) is 12.1 Å². The molecule has 1 aliphatic heterocycles. The van der Waals surface area contributed by atoms with E-state index >= 15 is 0 Å². The fourth-order valence-electron chi connectivity index (χ4n) is 1.58. The van der Waals surface area contributed by atoms with E-state index in [-0.39, 0.29) is 5.91 Å². The third-order valence-corrected chi connectivity index (χ3v) is 2.32. The van der Waals surface area contributed by atoms with Gasteiger partial charge in [0.2, 0.25) is 0 Å². The van der Waals surface area contributed by atoms with E-state index in [1.54, 1.807) is 6.07 Å². The van der Waals surface area contributed by atoms with Crippen LogP contribution in [0.2, 0.25) is 0 Å². The summed E-state index contributed by atoms with van der Waals surface area (Å²) < 4.78 is 5.43. The van der Waals surface area contributed by atoms with E-state index in [1.165, 1.54) is 0 Å². The van der Waals surface area contributed by atoms with Gasteiger partial charge >= 0.3 is 0 Å². The summed E-state index contributed by atoms with van der Waals surface area (Å²) in [5.74, 6) is 0.827. The molecule has 0 unspecified atom stereocenters.